The highest BCUT2D eigenvalue weighted by molar-refractivity contribution is 7.99. The molecule has 1 aliphatic heterocycles. The minimum absolute atomic E-state index is 0.0950. The van der Waals surface area contributed by atoms with Gasteiger partial charge in [0.15, 0.2) is 0 Å². The molecule has 4 heteroatoms. The lowest BCUT2D eigenvalue weighted by Gasteiger charge is -2.21. The minimum atomic E-state index is -0.166. The Bertz CT molecular complexity index is 537. The molecule has 0 aromatic heterocycles. The molecule has 0 radical (unpaired) electrons. The van der Waals surface area contributed by atoms with Crippen LogP contribution in [0.5, 0.6) is 0 Å². The first-order valence-corrected chi connectivity index (χ1v) is 7.96. The van der Waals surface area contributed by atoms with Gasteiger partial charge in [0.05, 0.1) is 0 Å². The summed E-state index contributed by atoms with van der Waals surface area (Å²) < 4.78 is 0. The molecule has 1 saturated heterocycles. The second-order valence-electron chi connectivity index (χ2n) is 4.70. The Hall–Kier alpha value is -1.44. The summed E-state index contributed by atoms with van der Waals surface area (Å²) in [6.45, 7) is 3.40. The highest BCUT2D eigenvalue weighted by Gasteiger charge is 2.19. The summed E-state index contributed by atoms with van der Waals surface area (Å²) in [6, 6.07) is 5.60. The van der Waals surface area contributed by atoms with Gasteiger partial charge >= 0.3 is 0 Å². The first kappa shape index (κ1) is 15.0. The van der Waals surface area contributed by atoms with Crippen LogP contribution >= 0.6 is 11.8 Å². The molecule has 3 nitrogen and oxygen atoms in total. The third-order valence-electron chi connectivity index (χ3n) is 3.38. The number of carbonyl (C=O) groups excluding carboxylic acids is 1. The third-order valence-corrected chi connectivity index (χ3v) is 4.42. The molecule has 1 heterocycles. The highest BCUT2D eigenvalue weighted by atomic mass is 32.2. The van der Waals surface area contributed by atoms with Crippen molar-refractivity contribution in [2.75, 3.05) is 31.2 Å². The Morgan fingerprint density at radius 3 is 3.05 bits per heavy atom. The molecule has 1 N–H and O–H groups in total. The summed E-state index contributed by atoms with van der Waals surface area (Å²) in [4.78, 5) is 14.6. The van der Waals surface area contributed by atoms with Crippen LogP contribution in [-0.2, 0) is 0 Å². The molecule has 0 saturated carbocycles. The van der Waals surface area contributed by atoms with E-state index in [1.54, 1.807) is 0 Å². The van der Waals surface area contributed by atoms with Gasteiger partial charge in [-0.1, -0.05) is 17.9 Å². The van der Waals surface area contributed by atoms with Crippen molar-refractivity contribution in [3.05, 3.63) is 34.9 Å². The molecule has 1 amide bonds. The van der Waals surface area contributed by atoms with Crippen molar-refractivity contribution in [2.45, 2.75) is 13.3 Å². The standard InChI is InChI=1S/C16H19NO2S/c1-13-14(6-3-10-18)5-2-7-15(13)16(19)17-8-4-11-20-12-9-17/h2,5,7,18H,4,8-12H2,1H3. The van der Waals surface area contributed by atoms with Crippen LogP contribution in [0.3, 0.4) is 0 Å². The lowest BCUT2D eigenvalue weighted by Crippen LogP contribution is -2.33. The van der Waals surface area contributed by atoms with Gasteiger partial charge in [-0.3, -0.25) is 4.79 Å². The molecule has 106 valence electrons. The van der Waals surface area contributed by atoms with Gasteiger partial charge < -0.3 is 10.0 Å². The summed E-state index contributed by atoms with van der Waals surface area (Å²) in [6.07, 6.45) is 1.06. The van der Waals surface area contributed by atoms with Crippen molar-refractivity contribution in [3.63, 3.8) is 0 Å². The van der Waals surface area contributed by atoms with E-state index in [1.165, 1.54) is 0 Å². The fourth-order valence-corrected chi connectivity index (χ4v) is 3.14. The van der Waals surface area contributed by atoms with Crippen LogP contribution in [-0.4, -0.2) is 47.1 Å². The maximum Gasteiger partial charge on any atom is 0.254 e. The maximum atomic E-state index is 12.6. The Kier molecular flexibility index (Phi) is 5.51. The predicted octanol–water partition coefficient (Wildman–Crippen LogP) is 1.92. The van der Waals surface area contributed by atoms with Gasteiger partial charge in [-0.05, 0) is 36.8 Å². The third kappa shape index (κ3) is 3.56. The first-order valence-electron chi connectivity index (χ1n) is 6.80. The van der Waals surface area contributed by atoms with E-state index < -0.39 is 0 Å². The molecule has 0 unspecified atom stereocenters. The summed E-state index contributed by atoms with van der Waals surface area (Å²) in [7, 11) is 0. The molecular formula is C16H19NO2S. The van der Waals surface area contributed by atoms with E-state index in [4.69, 9.17) is 5.11 Å². The number of aliphatic hydroxyl groups is 1. The number of nitrogens with zero attached hydrogens (tertiary/aromatic N) is 1. The van der Waals surface area contributed by atoms with Crippen LogP contribution < -0.4 is 0 Å². The lowest BCUT2D eigenvalue weighted by atomic mass is 10.0. The number of hydrogen-bond acceptors (Lipinski definition) is 3. The van der Waals surface area contributed by atoms with Crippen LogP contribution in [0.25, 0.3) is 0 Å². The molecule has 1 aromatic rings. The van der Waals surface area contributed by atoms with Gasteiger partial charge in [0.1, 0.15) is 6.61 Å². The molecule has 0 atom stereocenters. The van der Waals surface area contributed by atoms with E-state index in [1.807, 2.05) is 41.8 Å². The quantitative estimate of drug-likeness (QED) is 0.803. The molecule has 2 rings (SSSR count). The molecule has 1 aliphatic rings. The smallest absolute Gasteiger partial charge is 0.254 e. The highest BCUT2D eigenvalue weighted by Crippen LogP contribution is 2.18. The van der Waals surface area contributed by atoms with Gasteiger partial charge in [-0.15, -0.1) is 0 Å². The van der Waals surface area contributed by atoms with Gasteiger partial charge in [-0.2, -0.15) is 11.8 Å². The van der Waals surface area contributed by atoms with Gasteiger partial charge in [0.25, 0.3) is 5.91 Å². The number of benzene rings is 1. The van der Waals surface area contributed by atoms with Crippen molar-refractivity contribution >= 4 is 17.7 Å². The van der Waals surface area contributed by atoms with E-state index in [0.717, 1.165) is 47.7 Å². The van der Waals surface area contributed by atoms with Crippen molar-refractivity contribution in [1.29, 1.82) is 0 Å². The van der Waals surface area contributed by atoms with Crippen LogP contribution in [0.15, 0.2) is 18.2 Å². The normalized spacial score (nSPS) is 15.2. The second-order valence-corrected chi connectivity index (χ2v) is 5.92. The lowest BCUT2D eigenvalue weighted by molar-refractivity contribution is 0.0768. The fourth-order valence-electron chi connectivity index (χ4n) is 2.26. The largest absolute Gasteiger partial charge is 0.384 e. The van der Waals surface area contributed by atoms with E-state index in [9.17, 15) is 4.79 Å². The van der Waals surface area contributed by atoms with E-state index in [-0.39, 0.29) is 12.5 Å². The first-order chi connectivity index (χ1) is 9.74. The summed E-state index contributed by atoms with van der Waals surface area (Å²) in [5.41, 5.74) is 2.44. The van der Waals surface area contributed by atoms with Gasteiger partial charge in [-0.25, -0.2) is 0 Å². The Balaban J connectivity index is 2.25. The van der Waals surface area contributed by atoms with E-state index in [2.05, 4.69) is 11.8 Å². The summed E-state index contributed by atoms with van der Waals surface area (Å²) in [5.74, 6) is 7.77. The summed E-state index contributed by atoms with van der Waals surface area (Å²) in [5, 5.41) is 8.78. The monoisotopic (exact) mass is 289 g/mol. The van der Waals surface area contributed by atoms with Gasteiger partial charge in [0.2, 0.25) is 0 Å². The maximum absolute atomic E-state index is 12.6. The molecule has 0 aliphatic carbocycles. The minimum Gasteiger partial charge on any atom is -0.384 e. The van der Waals surface area contributed by atoms with Crippen LogP contribution in [0, 0.1) is 18.8 Å². The molecule has 1 aromatic carbocycles. The van der Waals surface area contributed by atoms with Crippen molar-refractivity contribution in [3.8, 4) is 11.8 Å². The molecule has 1 fully saturated rings. The Morgan fingerprint density at radius 2 is 2.25 bits per heavy atom. The fraction of sp³-hybridized carbons (Fsp3) is 0.438. The zero-order valence-electron chi connectivity index (χ0n) is 11.7. The molecule has 0 spiro atoms. The zero-order chi connectivity index (χ0) is 14.4. The second kappa shape index (κ2) is 7.37. The number of amides is 1. The zero-order valence-corrected chi connectivity index (χ0v) is 12.5. The number of rotatable bonds is 1. The number of thioether (sulfide) groups is 1. The SMILES string of the molecule is Cc1c(C#CCO)cccc1C(=O)N1CCCSCC1. The van der Waals surface area contributed by atoms with Crippen LogP contribution in [0.1, 0.15) is 27.9 Å². The van der Waals surface area contributed by atoms with Crippen LogP contribution in [0.2, 0.25) is 0 Å². The predicted molar refractivity (Wildman–Crippen MR) is 83.0 cm³/mol. The summed E-state index contributed by atoms with van der Waals surface area (Å²) >= 11 is 1.91. The number of hydrogen-bond donors (Lipinski definition) is 1. The Labute approximate surface area is 124 Å². The van der Waals surface area contributed by atoms with E-state index in [0.29, 0.717) is 0 Å². The molecule has 0 bridgehead atoms. The number of aliphatic hydroxyl groups excluding tert-OH is 1. The average Bonchev–Trinajstić information content (AvgIpc) is 2.74. The van der Waals surface area contributed by atoms with Crippen molar-refractivity contribution in [1.82, 2.24) is 4.90 Å². The van der Waals surface area contributed by atoms with Crippen LogP contribution in [0.4, 0.5) is 0 Å². The molecule has 20 heavy (non-hydrogen) atoms. The van der Waals surface area contributed by atoms with E-state index >= 15 is 0 Å². The van der Waals surface area contributed by atoms with Gasteiger partial charge in [0, 0.05) is 30.0 Å². The molecular weight excluding hydrogens is 270 g/mol. The number of carbonyl (C=O) groups is 1. The van der Waals surface area contributed by atoms with Crippen molar-refractivity contribution < 1.29 is 9.90 Å². The average molecular weight is 289 g/mol. The van der Waals surface area contributed by atoms with Crippen molar-refractivity contribution in [2.24, 2.45) is 0 Å². The topological polar surface area (TPSA) is 40.5 Å². The Morgan fingerprint density at radius 1 is 1.40 bits per heavy atom.